The molecule has 0 heterocycles. The number of benzene rings is 1. The van der Waals surface area contributed by atoms with Gasteiger partial charge in [-0.3, -0.25) is 0 Å². The summed E-state index contributed by atoms with van der Waals surface area (Å²) in [6, 6.07) is 5.32. The maximum atomic E-state index is 13.4. The predicted octanol–water partition coefficient (Wildman–Crippen LogP) is 2.58. The van der Waals surface area contributed by atoms with Gasteiger partial charge in [0.05, 0.1) is 5.75 Å². The van der Waals surface area contributed by atoms with E-state index in [4.69, 9.17) is 11.6 Å². The van der Waals surface area contributed by atoms with Crippen molar-refractivity contribution >= 4 is 37.4 Å². The Morgan fingerprint density at radius 2 is 2.06 bits per heavy atom. The average Bonchev–Trinajstić information content (AvgIpc) is 2.28. The standard InChI is InChI=1S/C10H11BrClFO3S/c1-2-17(15,16)10(11,12)9(14)7-5-3-4-6-8(7)13/h3-6,9,14H,2H2,1H3/t9-,10+/m0/s1. The van der Waals surface area contributed by atoms with Crippen molar-refractivity contribution in [3.8, 4) is 0 Å². The Kier molecular flexibility index (Phi) is 4.57. The summed E-state index contributed by atoms with van der Waals surface area (Å²) in [4.78, 5) is 0. The molecule has 0 aliphatic carbocycles. The summed E-state index contributed by atoms with van der Waals surface area (Å²) in [5, 5.41) is 9.90. The molecule has 0 fully saturated rings. The first kappa shape index (κ1) is 14.9. The van der Waals surface area contributed by atoms with E-state index < -0.39 is 24.9 Å². The van der Waals surface area contributed by atoms with Crippen molar-refractivity contribution < 1.29 is 17.9 Å². The minimum atomic E-state index is -3.80. The Morgan fingerprint density at radius 3 is 2.53 bits per heavy atom. The Labute approximate surface area is 113 Å². The number of hydrogen-bond donors (Lipinski definition) is 1. The molecule has 0 aromatic heterocycles. The van der Waals surface area contributed by atoms with E-state index in [1.165, 1.54) is 25.1 Å². The first-order valence-electron chi connectivity index (χ1n) is 4.76. The van der Waals surface area contributed by atoms with E-state index in [0.29, 0.717) is 0 Å². The van der Waals surface area contributed by atoms with Gasteiger partial charge in [-0.05, 0) is 22.0 Å². The maximum Gasteiger partial charge on any atom is 0.229 e. The van der Waals surface area contributed by atoms with E-state index in [1.807, 2.05) is 0 Å². The number of sulfone groups is 1. The predicted molar refractivity (Wildman–Crippen MR) is 68.3 cm³/mol. The molecule has 0 bridgehead atoms. The van der Waals surface area contributed by atoms with Gasteiger partial charge in [0.15, 0.2) is 9.84 Å². The summed E-state index contributed by atoms with van der Waals surface area (Å²) in [5.74, 6) is -0.983. The second-order valence-electron chi connectivity index (χ2n) is 3.39. The fourth-order valence-electron chi connectivity index (χ4n) is 1.24. The van der Waals surface area contributed by atoms with Gasteiger partial charge in [-0.25, -0.2) is 12.8 Å². The molecule has 0 amide bonds. The molecule has 1 rings (SSSR count). The third kappa shape index (κ3) is 2.81. The number of alkyl halides is 2. The molecule has 1 aromatic rings. The number of halogens is 3. The van der Waals surface area contributed by atoms with Crippen LogP contribution in [0.3, 0.4) is 0 Å². The highest BCUT2D eigenvalue weighted by Gasteiger charge is 2.46. The van der Waals surface area contributed by atoms with Gasteiger partial charge in [-0.2, -0.15) is 0 Å². The first-order chi connectivity index (χ1) is 7.74. The molecule has 0 aliphatic heterocycles. The highest BCUT2D eigenvalue weighted by molar-refractivity contribution is 9.12. The molecule has 0 saturated heterocycles. The topological polar surface area (TPSA) is 54.4 Å². The van der Waals surface area contributed by atoms with E-state index in [0.717, 1.165) is 6.07 Å². The third-order valence-electron chi connectivity index (χ3n) is 2.31. The Hall–Kier alpha value is -0.170. The lowest BCUT2D eigenvalue weighted by Crippen LogP contribution is -2.34. The van der Waals surface area contributed by atoms with Crippen LogP contribution in [0.4, 0.5) is 4.39 Å². The van der Waals surface area contributed by atoms with Crippen molar-refractivity contribution in [3.05, 3.63) is 35.6 Å². The zero-order valence-corrected chi connectivity index (χ0v) is 12.1. The van der Waals surface area contributed by atoms with E-state index >= 15 is 0 Å². The van der Waals surface area contributed by atoms with Crippen molar-refractivity contribution in [3.63, 3.8) is 0 Å². The van der Waals surface area contributed by atoms with E-state index in [1.54, 1.807) is 0 Å². The van der Waals surface area contributed by atoms with Crippen LogP contribution in [-0.4, -0.2) is 22.4 Å². The van der Waals surface area contributed by atoms with Crippen LogP contribution < -0.4 is 0 Å². The van der Waals surface area contributed by atoms with Crippen molar-refractivity contribution in [1.29, 1.82) is 0 Å². The van der Waals surface area contributed by atoms with Crippen LogP contribution >= 0.6 is 27.5 Å². The molecule has 3 nitrogen and oxygen atoms in total. The quantitative estimate of drug-likeness (QED) is 0.853. The fraction of sp³-hybridized carbons (Fsp3) is 0.400. The van der Waals surface area contributed by atoms with Gasteiger partial charge in [0.25, 0.3) is 0 Å². The molecule has 1 aromatic carbocycles. The maximum absolute atomic E-state index is 13.4. The normalized spacial score (nSPS) is 17.5. The fourth-order valence-corrected chi connectivity index (χ4v) is 3.47. The minimum Gasteiger partial charge on any atom is -0.384 e. The zero-order chi connectivity index (χ0) is 13.3. The molecule has 17 heavy (non-hydrogen) atoms. The highest BCUT2D eigenvalue weighted by Crippen LogP contribution is 2.43. The number of rotatable bonds is 4. The monoisotopic (exact) mass is 344 g/mol. The lowest BCUT2D eigenvalue weighted by atomic mass is 10.1. The second-order valence-corrected chi connectivity index (χ2v) is 8.89. The van der Waals surface area contributed by atoms with Gasteiger partial charge in [-0.1, -0.05) is 36.7 Å². The van der Waals surface area contributed by atoms with E-state index in [2.05, 4.69) is 15.9 Å². The zero-order valence-electron chi connectivity index (χ0n) is 8.90. The molecule has 96 valence electrons. The van der Waals surface area contributed by atoms with Crippen LogP contribution in [0, 0.1) is 5.82 Å². The van der Waals surface area contributed by atoms with Gasteiger partial charge >= 0.3 is 0 Å². The molecule has 0 unspecified atom stereocenters. The Bertz CT molecular complexity index is 504. The van der Waals surface area contributed by atoms with Gasteiger partial charge in [0.2, 0.25) is 3.12 Å². The average molecular weight is 346 g/mol. The molecule has 0 saturated carbocycles. The Morgan fingerprint density at radius 1 is 1.53 bits per heavy atom. The molecule has 1 N–H and O–H groups in total. The first-order valence-corrected chi connectivity index (χ1v) is 7.59. The minimum absolute atomic E-state index is 0.170. The molecule has 0 radical (unpaired) electrons. The summed E-state index contributed by atoms with van der Waals surface area (Å²) in [5.41, 5.74) is -0.170. The molecule has 7 heteroatoms. The third-order valence-corrected chi connectivity index (χ3v) is 6.95. The number of aliphatic hydroxyl groups excluding tert-OH is 1. The van der Waals surface area contributed by atoms with Crippen molar-refractivity contribution in [2.24, 2.45) is 0 Å². The molecule has 0 aliphatic rings. The second kappa shape index (κ2) is 5.22. The van der Waals surface area contributed by atoms with E-state index in [-0.39, 0.29) is 11.3 Å². The lowest BCUT2D eigenvalue weighted by molar-refractivity contribution is 0.180. The van der Waals surface area contributed by atoms with Gasteiger partial charge < -0.3 is 5.11 Å². The molecule has 2 atom stereocenters. The van der Waals surface area contributed by atoms with Crippen LogP contribution in [0.5, 0.6) is 0 Å². The summed E-state index contributed by atoms with van der Waals surface area (Å²) >= 11 is 8.56. The largest absolute Gasteiger partial charge is 0.384 e. The molecule has 0 spiro atoms. The lowest BCUT2D eigenvalue weighted by Gasteiger charge is -2.26. The molecular formula is C10H11BrClFO3S. The van der Waals surface area contributed by atoms with Crippen molar-refractivity contribution in [2.75, 3.05) is 5.75 Å². The number of hydrogen-bond acceptors (Lipinski definition) is 3. The van der Waals surface area contributed by atoms with Gasteiger partial charge in [0.1, 0.15) is 11.9 Å². The Balaban J connectivity index is 3.23. The van der Waals surface area contributed by atoms with Crippen molar-refractivity contribution in [1.82, 2.24) is 0 Å². The van der Waals surface area contributed by atoms with Crippen LogP contribution in [0.15, 0.2) is 24.3 Å². The highest BCUT2D eigenvalue weighted by atomic mass is 79.9. The SMILES string of the molecule is CCS(=O)(=O)[C@@](Cl)(Br)[C@@H](O)c1ccccc1F. The van der Waals surface area contributed by atoms with Crippen molar-refractivity contribution in [2.45, 2.75) is 16.1 Å². The summed E-state index contributed by atoms with van der Waals surface area (Å²) in [6.07, 6.45) is -1.70. The van der Waals surface area contributed by atoms with E-state index in [9.17, 15) is 17.9 Å². The van der Waals surface area contributed by atoms with Gasteiger partial charge in [0, 0.05) is 5.56 Å². The van der Waals surface area contributed by atoms with Crippen LogP contribution in [0.2, 0.25) is 0 Å². The summed E-state index contributed by atoms with van der Waals surface area (Å²) in [6.45, 7) is 1.39. The smallest absolute Gasteiger partial charge is 0.229 e. The summed E-state index contributed by atoms with van der Waals surface area (Å²) in [7, 11) is -3.80. The molecular weight excluding hydrogens is 335 g/mol. The van der Waals surface area contributed by atoms with Crippen LogP contribution in [-0.2, 0) is 9.84 Å². The summed E-state index contributed by atoms with van der Waals surface area (Å²) < 4.78 is 34.7. The van der Waals surface area contributed by atoms with Gasteiger partial charge in [-0.15, -0.1) is 0 Å². The number of aliphatic hydroxyl groups is 1. The van der Waals surface area contributed by atoms with Crippen LogP contribution in [0.25, 0.3) is 0 Å². The van der Waals surface area contributed by atoms with Crippen LogP contribution in [0.1, 0.15) is 18.6 Å².